The number of hydrogen-bond donors (Lipinski definition) is 0. The predicted molar refractivity (Wildman–Crippen MR) is 85.4 cm³/mol. The van der Waals surface area contributed by atoms with Crippen molar-refractivity contribution in [2.75, 3.05) is 18.2 Å². The highest BCUT2D eigenvalue weighted by atomic mass is 79.9. The van der Waals surface area contributed by atoms with Crippen LogP contribution in [0.5, 0.6) is 5.75 Å². The number of thioether (sulfide) groups is 1. The molecule has 0 unspecified atom stereocenters. The first-order valence-corrected chi connectivity index (χ1v) is 8.23. The smallest absolute Gasteiger partial charge is 0.270 e. The number of carbonyl (C=O) groups excluding carboxylic acids is 1. The summed E-state index contributed by atoms with van der Waals surface area (Å²) in [5.74, 6) is 0.699. The van der Waals surface area contributed by atoms with E-state index in [0.717, 1.165) is 20.8 Å². The quantitative estimate of drug-likeness (QED) is 0.709. The van der Waals surface area contributed by atoms with Crippen molar-refractivity contribution in [1.29, 1.82) is 0 Å². The summed E-state index contributed by atoms with van der Waals surface area (Å²) in [6, 6.07) is 3.97. The number of hydrogen-bond acceptors (Lipinski definition) is 3. The van der Waals surface area contributed by atoms with Gasteiger partial charge in [0.05, 0.1) is 10.2 Å². The molecule has 0 saturated carbocycles. The first-order valence-electron chi connectivity index (χ1n) is 6.21. The zero-order valence-electron chi connectivity index (χ0n) is 12.2. The van der Waals surface area contributed by atoms with E-state index >= 15 is 0 Å². The average molecular weight is 346 g/mol. The number of anilines is 1. The van der Waals surface area contributed by atoms with Crippen molar-refractivity contribution in [3.63, 3.8) is 0 Å². The average Bonchev–Trinajstić information content (AvgIpc) is 2.39. The maximum Gasteiger partial charge on any atom is 0.270 e. The van der Waals surface area contributed by atoms with Gasteiger partial charge in [-0.25, -0.2) is 0 Å². The van der Waals surface area contributed by atoms with Crippen LogP contribution in [0.1, 0.15) is 27.7 Å². The van der Waals surface area contributed by atoms with Crippen LogP contribution in [-0.2, 0) is 4.79 Å². The molecule has 0 fully saturated rings. The second-order valence-electron chi connectivity index (χ2n) is 4.43. The Kier molecular flexibility index (Phi) is 5.33. The number of carbonyl (C=O) groups is 1. The Labute approximate surface area is 127 Å². The summed E-state index contributed by atoms with van der Waals surface area (Å²) in [5.41, 5.74) is -0.00133. The molecule has 0 aliphatic carbocycles. The van der Waals surface area contributed by atoms with Gasteiger partial charge >= 0.3 is 0 Å². The largest absolute Gasteiger partial charge is 0.475 e. The number of likely N-dealkylation sites (N-methyl/N-ethyl adjacent to an activating group) is 1. The van der Waals surface area contributed by atoms with Gasteiger partial charge in [0.2, 0.25) is 0 Å². The van der Waals surface area contributed by atoms with Crippen LogP contribution in [0.2, 0.25) is 0 Å². The van der Waals surface area contributed by atoms with Crippen LogP contribution in [0.25, 0.3) is 0 Å². The van der Waals surface area contributed by atoms with Gasteiger partial charge in [-0.15, -0.1) is 11.8 Å². The molecule has 1 aromatic carbocycles. The van der Waals surface area contributed by atoms with Gasteiger partial charge < -0.3 is 9.64 Å². The van der Waals surface area contributed by atoms with Gasteiger partial charge in [0.25, 0.3) is 5.91 Å². The topological polar surface area (TPSA) is 29.5 Å². The van der Waals surface area contributed by atoms with Crippen LogP contribution in [0.3, 0.4) is 0 Å². The zero-order valence-corrected chi connectivity index (χ0v) is 14.6. The Morgan fingerprint density at radius 1 is 1.32 bits per heavy atom. The summed E-state index contributed by atoms with van der Waals surface area (Å²) in [6.45, 7) is 7.56. The molecule has 3 nitrogen and oxygen atoms in total. The van der Waals surface area contributed by atoms with E-state index in [4.69, 9.17) is 4.74 Å². The summed E-state index contributed by atoms with van der Waals surface area (Å²) in [7, 11) is 1.78. The maximum absolute atomic E-state index is 12.1. The van der Waals surface area contributed by atoms with Crippen LogP contribution in [0.4, 0.5) is 5.69 Å². The fourth-order valence-corrected chi connectivity index (χ4v) is 2.98. The van der Waals surface area contributed by atoms with Crippen LogP contribution < -0.4 is 9.64 Å². The Morgan fingerprint density at radius 3 is 2.42 bits per heavy atom. The van der Waals surface area contributed by atoms with E-state index < -0.39 is 5.60 Å². The number of nitrogens with zero attached hydrogens (tertiary/aromatic N) is 1. The van der Waals surface area contributed by atoms with E-state index in [0.29, 0.717) is 0 Å². The standard InChI is InChI=1S/C12H14BrNO2S.C2H6/c1-12(2)11(15)14(3)9-6-7(17-4)5-8(13)10(9)16-12;1-2/h5-6H,1-4H3;1-2H3. The second-order valence-corrected chi connectivity index (χ2v) is 6.17. The van der Waals surface area contributed by atoms with Crippen molar-refractivity contribution in [3.05, 3.63) is 16.6 Å². The zero-order chi connectivity index (χ0) is 14.8. The highest BCUT2D eigenvalue weighted by molar-refractivity contribution is 9.10. The summed E-state index contributed by atoms with van der Waals surface area (Å²) < 4.78 is 6.67. The molecule has 0 saturated heterocycles. The Hall–Kier alpha value is -0.680. The lowest BCUT2D eigenvalue weighted by atomic mass is 10.0. The monoisotopic (exact) mass is 345 g/mol. The van der Waals surface area contributed by atoms with Gasteiger partial charge in [0, 0.05) is 11.9 Å². The van der Waals surface area contributed by atoms with E-state index in [-0.39, 0.29) is 5.91 Å². The van der Waals surface area contributed by atoms with Gasteiger partial charge in [-0.2, -0.15) is 0 Å². The molecule has 19 heavy (non-hydrogen) atoms. The first-order chi connectivity index (χ1) is 8.86. The van der Waals surface area contributed by atoms with E-state index in [1.54, 1.807) is 37.6 Å². The number of halogens is 1. The lowest BCUT2D eigenvalue weighted by molar-refractivity contribution is -0.132. The molecule has 0 spiro atoms. The lowest BCUT2D eigenvalue weighted by Crippen LogP contribution is -2.51. The molecule has 1 amide bonds. The van der Waals surface area contributed by atoms with Gasteiger partial charge in [-0.1, -0.05) is 13.8 Å². The molecular weight excluding hydrogens is 326 g/mol. The minimum atomic E-state index is -0.814. The van der Waals surface area contributed by atoms with E-state index in [1.165, 1.54) is 0 Å². The molecular formula is C14H20BrNO2S. The molecule has 0 aromatic heterocycles. The Balaban J connectivity index is 0.000000861. The van der Waals surface area contributed by atoms with E-state index in [9.17, 15) is 4.79 Å². The molecule has 0 bridgehead atoms. The molecule has 1 aliphatic heterocycles. The van der Waals surface area contributed by atoms with Gasteiger partial charge in [-0.3, -0.25) is 4.79 Å². The van der Waals surface area contributed by atoms with Crippen molar-refractivity contribution >= 4 is 39.3 Å². The predicted octanol–water partition coefficient (Wildman–Crippen LogP) is 4.33. The van der Waals surface area contributed by atoms with Crippen LogP contribution >= 0.6 is 27.7 Å². The molecule has 106 valence electrons. The molecule has 1 aromatic rings. The summed E-state index contributed by atoms with van der Waals surface area (Å²) >= 11 is 5.13. The third kappa shape index (κ3) is 3.08. The van der Waals surface area contributed by atoms with Crippen molar-refractivity contribution in [3.8, 4) is 5.75 Å². The Morgan fingerprint density at radius 2 is 1.89 bits per heavy atom. The molecule has 1 aliphatic rings. The summed E-state index contributed by atoms with van der Waals surface area (Å²) in [5, 5.41) is 0. The van der Waals surface area contributed by atoms with Gasteiger partial charge in [0.1, 0.15) is 0 Å². The second kappa shape index (κ2) is 6.18. The number of fused-ring (bicyclic) bond motifs is 1. The highest BCUT2D eigenvalue weighted by Crippen LogP contribution is 2.44. The maximum atomic E-state index is 12.1. The fraction of sp³-hybridized carbons (Fsp3) is 0.500. The van der Waals surface area contributed by atoms with Crippen molar-refractivity contribution in [2.24, 2.45) is 0 Å². The lowest BCUT2D eigenvalue weighted by Gasteiger charge is -2.37. The van der Waals surface area contributed by atoms with Crippen molar-refractivity contribution in [1.82, 2.24) is 0 Å². The van der Waals surface area contributed by atoms with E-state index in [1.807, 2.05) is 32.2 Å². The minimum absolute atomic E-state index is 0.0323. The number of benzene rings is 1. The normalized spacial score (nSPS) is 16.2. The van der Waals surface area contributed by atoms with Gasteiger partial charge in [-0.05, 0) is 48.2 Å². The Bertz CT molecular complexity index is 489. The van der Waals surface area contributed by atoms with Crippen molar-refractivity contribution in [2.45, 2.75) is 38.2 Å². The third-order valence-corrected chi connectivity index (χ3v) is 4.07. The third-order valence-electron chi connectivity index (χ3n) is 2.77. The molecule has 5 heteroatoms. The van der Waals surface area contributed by atoms with Crippen LogP contribution in [0.15, 0.2) is 21.5 Å². The summed E-state index contributed by atoms with van der Waals surface area (Å²) in [6.07, 6.45) is 2.00. The minimum Gasteiger partial charge on any atom is -0.475 e. The fourth-order valence-electron chi connectivity index (χ4n) is 1.83. The van der Waals surface area contributed by atoms with Crippen LogP contribution in [0, 0.1) is 0 Å². The number of ether oxygens (including phenoxy) is 1. The molecule has 2 rings (SSSR count). The SMILES string of the molecule is CC.CSc1cc(Br)c2c(c1)N(C)C(=O)C(C)(C)O2. The molecule has 0 atom stereocenters. The number of rotatable bonds is 1. The van der Waals surface area contributed by atoms with Crippen molar-refractivity contribution < 1.29 is 9.53 Å². The first kappa shape index (κ1) is 16.4. The van der Waals surface area contributed by atoms with E-state index in [2.05, 4.69) is 15.9 Å². The summed E-state index contributed by atoms with van der Waals surface area (Å²) in [4.78, 5) is 14.9. The highest BCUT2D eigenvalue weighted by Gasteiger charge is 2.40. The molecule has 0 radical (unpaired) electrons. The molecule has 1 heterocycles. The number of amides is 1. The molecule has 0 N–H and O–H groups in total. The van der Waals surface area contributed by atoms with Gasteiger partial charge in [0.15, 0.2) is 11.4 Å². The van der Waals surface area contributed by atoms with Crippen LogP contribution in [-0.4, -0.2) is 24.8 Å².